The van der Waals surface area contributed by atoms with Crippen LogP contribution in [-0.4, -0.2) is 36.1 Å². The molecular weight excluding hydrogens is 237 g/mol. The minimum atomic E-state index is -4.57. The van der Waals surface area contributed by atoms with E-state index in [9.17, 15) is 22.8 Å². The van der Waals surface area contributed by atoms with E-state index in [-0.39, 0.29) is 11.4 Å². The van der Waals surface area contributed by atoms with Gasteiger partial charge in [-0.05, 0) is 12.8 Å². The summed E-state index contributed by atoms with van der Waals surface area (Å²) < 4.78 is 36.8. The number of amides is 3. The molecule has 7 heteroatoms. The average Bonchev–Trinajstić information content (AvgIpc) is 2.24. The van der Waals surface area contributed by atoms with E-state index < -0.39 is 30.1 Å². The second-order valence-corrected chi connectivity index (χ2v) is 4.15. The van der Waals surface area contributed by atoms with Crippen molar-refractivity contribution in [1.29, 1.82) is 0 Å². The Hall–Kier alpha value is -1.27. The summed E-state index contributed by atoms with van der Waals surface area (Å²) in [4.78, 5) is 23.5. The Labute approximate surface area is 97.1 Å². The molecule has 0 bridgehead atoms. The number of nitrogens with zero attached hydrogens (tertiary/aromatic N) is 1. The summed E-state index contributed by atoms with van der Waals surface area (Å²) >= 11 is 0. The first kappa shape index (κ1) is 13.8. The van der Waals surface area contributed by atoms with E-state index in [1.165, 1.54) is 0 Å². The molecule has 1 fully saturated rings. The number of alkyl halides is 3. The number of carbonyl (C=O) groups excluding carboxylic acids is 2. The van der Waals surface area contributed by atoms with Crippen LogP contribution in [-0.2, 0) is 4.79 Å². The van der Waals surface area contributed by atoms with E-state index in [4.69, 9.17) is 0 Å². The van der Waals surface area contributed by atoms with Gasteiger partial charge in [0.15, 0.2) is 0 Å². The van der Waals surface area contributed by atoms with Crippen molar-refractivity contribution in [2.45, 2.75) is 32.9 Å². The number of hydrogen-bond acceptors (Lipinski definition) is 2. The van der Waals surface area contributed by atoms with Gasteiger partial charge in [0, 0.05) is 6.54 Å². The molecule has 17 heavy (non-hydrogen) atoms. The van der Waals surface area contributed by atoms with Gasteiger partial charge in [0.05, 0.1) is 5.41 Å². The fourth-order valence-electron chi connectivity index (χ4n) is 1.92. The zero-order valence-electron chi connectivity index (χ0n) is 9.73. The highest BCUT2D eigenvalue weighted by atomic mass is 19.4. The Morgan fingerprint density at radius 2 is 1.82 bits per heavy atom. The van der Waals surface area contributed by atoms with Crippen molar-refractivity contribution < 1.29 is 22.8 Å². The van der Waals surface area contributed by atoms with Gasteiger partial charge in [-0.15, -0.1) is 0 Å². The maximum absolute atomic E-state index is 12.3. The number of nitrogens with one attached hydrogen (secondary N) is 1. The van der Waals surface area contributed by atoms with E-state index in [1.807, 2.05) is 0 Å². The topological polar surface area (TPSA) is 49.4 Å². The number of hydrogen-bond donors (Lipinski definition) is 1. The summed E-state index contributed by atoms with van der Waals surface area (Å²) in [5.74, 6) is -0.733. The molecule has 3 amide bonds. The molecule has 0 radical (unpaired) electrons. The fraction of sp³-hybridized carbons (Fsp3) is 0.800. The molecule has 1 N–H and O–H groups in total. The quantitative estimate of drug-likeness (QED) is 0.834. The number of imide groups is 1. The Kier molecular flexibility index (Phi) is 3.68. The Morgan fingerprint density at radius 3 is 2.24 bits per heavy atom. The highest BCUT2D eigenvalue weighted by Crippen LogP contribution is 2.32. The molecule has 1 heterocycles. The number of urea groups is 1. The molecule has 1 saturated heterocycles. The number of carbonyl (C=O) groups is 2. The third-order valence-electron chi connectivity index (χ3n) is 3.21. The zero-order valence-corrected chi connectivity index (χ0v) is 9.73. The largest absolute Gasteiger partial charge is 0.406 e. The molecule has 0 aliphatic carbocycles. The number of rotatable bonds is 3. The molecule has 0 atom stereocenters. The minimum absolute atomic E-state index is 0.103. The van der Waals surface area contributed by atoms with E-state index in [1.54, 1.807) is 13.8 Å². The fourth-order valence-corrected chi connectivity index (χ4v) is 1.92. The molecule has 0 aromatic rings. The van der Waals surface area contributed by atoms with Crippen molar-refractivity contribution in [3.8, 4) is 0 Å². The summed E-state index contributed by atoms with van der Waals surface area (Å²) in [5.41, 5.74) is -0.904. The van der Waals surface area contributed by atoms with Gasteiger partial charge in [0.25, 0.3) is 0 Å². The van der Waals surface area contributed by atoms with Gasteiger partial charge in [-0.1, -0.05) is 13.8 Å². The van der Waals surface area contributed by atoms with Crippen molar-refractivity contribution in [1.82, 2.24) is 10.2 Å². The monoisotopic (exact) mass is 252 g/mol. The van der Waals surface area contributed by atoms with Crippen LogP contribution in [0.2, 0.25) is 0 Å². The van der Waals surface area contributed by atoms with E-state index in [0.29, 0.717) is 12.8 Å². The SMILES string of the molecule is CCC1(CC)CNC(=O)N(CC(F)(F)F)C1=O. The summed E-state index contributed by atoms with van der Waals surface area (Å²) in [6.45, 7) is 2.03. The van der Waals surface area contributed by atoms with Gasteiger partial charge in [-0.2, -0.15) is 13.2 Å². The molecule has 0 spiro atoms. The van der Waals surface area contributed by atoms with Crippen molar-refractivity contribution in [3.05, 3.63) is 0 Å². The third-order valence-corrected chi connectivity index (χ3v) is 3.21. The zero-order chi connectivity index (χ0) is 13.3. The average molecular weight is 252 g/mol. The number of halogens is 3. The van der Waals surface area contributed by atoms with Gasteiger partial charge in [-0.25, -0.2) is 4.79 Å². The maximum Gasteiger partial charge on any atom is 0.406 e. The molecule has 98 valence electrons. The van der Waals surface area contributed by atoms with Crippen LogP contribution in [0.1, 0.15) is 26.7 Å². The normalized spacial score (nSPS) is 20.4. The van der Waals surface area contributed by atoms with Crippen molar-refractivity contribution in [3.63, 3.8) is 0 Å². The lowest BCUT2D eigenvalue weighted by Crippen LogP contribution is -2.61. The van der Waals surface area contributed by atoms with Crippen LogP contribution < -0.4 is 5.32 Å². The summed E-state index contributed by atoms with van der Waals surface area (Å²) in [5, 5.41) is 2.34. The predicted octanol–water partition coefficient (Wildman–Crippen LogP) is 1.91. The van der Waals surface area contributed by atoms with Crippen molar-refractivity contribution in [2.75, 3.05) is 13.1 Å². The molecule has 1 aliphatic rings. The molecule has 0 aromatic heterocycles. The van der Waals surface area contributed by atoms with Crippen molar-refractivity contribution >= 4 is 11.9 Å². The Bertz CT molecular complexity index is 324. The smallest absolute Gasteiger partial charge is 0.337 e. The Morgan fingerprint density at radius 1 is 1.29 bits per heavy atom. The highest BCUT2D eigenvalue weighted by Gasteiger charge is 2.48. The van der Waals surface area contributed by atoms with Gasteiger partial charge < -0.3 is 5.32 Å². The van der Waals surface area contributed by atoms with Crippen LogP contribution in [0.25, 0.3) is 0 Å². The molecule has 0 aromatic carbocycles. The lowest BCUT2D eigenvalue weighted by atomic mass is 9.79. The lowest BCUT2D eigenvalue weighted by molar-refractivity contribution is -0.164. The van der Waals surface area contributed by atoms with E-state index in [2.05, 4.69) is 5.32 Å². The van der Waals surface area contributed by atoms with Crippen LogP contribution in [0.5, 0.6) is 0 Å². The van der Waals surface area contributed by atoms with Crippen LogP contribution in [0.15, 0.2) is 0 Å². The van der Waals surface area contributed by atoms with Gasteiger partial charge in [-0.3, -0.25) is 9.69 Å². The van der Waals surface area contributed by atoms with Crippen LogP contribution in [0.4, 0.5) is 18.0 Å². The molecule has 1 rings (SSSR count). The molecule has 0 unspecified atom stereocenters. The predicted molar refractivity (Wildman–Crippen MR) is 54.2 cm³/mol. The van der Waals surface area contributed by atoms with Crippen LogP contribution in [0, 0.1) is 5.41 Å². The summed E-state index contributed by atoms with van der Waals surface area (Å²) in [7, 11) is 0. The first-order valence-electron chi connectivity index (χ1n) is 5.42. The molecule has 1 aliphatic heterocycles. The molecule has 0 saturated carbocycles. The van der Waals surface area contributed by atoms with Gasteiger partial charge >= 0.3 is 12.2 Å². The first-order chi connectivity index (χ1) is 7.75. The second-order valence-electron chi connectivity index (χ2n) is 4.15. The summed E-state index contributed by atoms with van der Waals surface area (Å²) in [6.07, 6.45) is -3.77. The van der Waals surface area contributed by atoms with E-state index >= 15 is 0 Å². The van der Waals surface area contributed by atoms with E-state index in [0.717, 1.165) is 0 Å². The lowest BCUT2D eigenvalue weighted by Gasteiger charge is -2.40. The van der Waals surface area contributed by atoms with Crippen LogP contribution >= 0.6 is 0 Å². The van der Waals surface area contributed by atoms with Crippen LogP contribution in [0.3, 0.4) is 0 Å². The highest BCUT2D eigenvalue weighted by molar-refractivity contribution is 6.00. The molecular formula is C10H15F3N2O2. The molecule has 4 nitrogen and oxygen atoms in total. The standard InChI is InChI=1S/C10H15F3N2O2/c1-3-9(4-2)5-14-8(17)15(7(9)16)6-10(11,12)13/h3-6H2,1-2H3,(H,14,17). The third kappa shape index (κ3) is 2.70. The van der Waals surface area contributed by atoms with Crippen molar-refractivity contribution in [2.24, 2.45) is 5.41 Å². The minimum Gasteiger partial charge on any atom is -0.337 e. The van der Waals surface area contributed by atoms with Gasteiger partial charge in [0.1, 0.15) is 6.54 Å². The first-order valence-corrected chi connectivity index (χ1v) is 5.42. The Balaban J connectivity index is 2.95. The second kappa shape index (κ2) is 4.54. The summed E-state index contributed by atoms with van der Waals surface area (Å²) in [6, 6.07) is -0.968. The van der Waals surface area contributed by atoms with Gasteiger partial charge in [0.2, 0.25) is 5.91 Å². The maximum atomic E-state index is 12.3.